The number of carboxylic acid groups (broad SMARTS) is 1. The van der Waals surface area contributed by atoms with Crippen molar-refractivity contribution < 1.29 is 14.7 Å². The molecule has 102 valence electrons. The molecule has 0 fully saturated rings. The Bertz CT molecular complexity index is 673. The number of carbonyl (C=O) groups is 2. The molecule has 1 aromatic carbocycles. The molecule has 1 N–H and O–H groups in total. The summed E-state index contributed by atoms with van der Waals surface area (Å²) in [6.07, 6.45) is 1.36. The molecule has 0 saturated carbocycles. The van der Waals surface area contributed by atoms with E-state index in [0.717, 1.165) is 0 Å². The van der Waals surface area contributed by atoms with Crippen LogP contribution < -0.4 is 4.90 Å². The van der Waals surface area contributed by atoms with Crippen molar-refractivity contribution >= 4 is 33.6 Å². The third kappa shape index (κ3) is 2.85. The van der Waals surface area contributed by atoms with Crippen LogP contribution in [0.5, 0.6) is 0 Å². The van der Waals surface area contributed by atoms with Gasteiger partial charge in [-0.05, 0) is 40.2 Å². The van der Waals surface area contributed by atoms with Gasteiger partial charge in [0.15, 0.2) is 0 Å². The van der Waals surface area contributed by atoms with E-state index in [1.165, 1.54) is 23.2 Å². The summed E-state index contributed by atoms with van der Waals surface area (Å²) in [5.41, 5.74) is 0.569. The lowest BCUT2D eigenvalue weighted by Gasteiger charge is -2.17. The van der Waals surface area contributed by atoms with Gasteiger partial charge >= 0.3 is 5.97 Å². The lowest BCUT2D eigenvalue weighted by Crippen LogP contribution is -2.27. The van der Waals surface area contributed by atoms with E-state index >= 15 is 0 Å². The number of amides is 1. The van der Waals surface area contributed by atoms with E-state index < -0.39 is 5.97 Å². The second-order valence-corrected chi connectivity index (χ2v) is 4.91. The molecule has 0 aliphatic carbocycles. The van der Waals surface area contributed by atoms with Gasteiger partial charge in [0, 0.05) is 17.7 Å². The molecule has 0 unspecified atom stereocenters. The fourth-order valence-electron chi connectivity index (χ4n) is 1.65. The quantitative estimate of drug-likeness (QED) is 0.936. The molecule has 0 aliphatic heterocycles. The summed E-state index contributed by atoms with van der Waals surface area (Å²) in [6.45, 7) is 0. The third-order valence-corrected chi connectivity index (χ3v) is 3.44. The molecule has 0 atom stereocenters. The van der Waals surface area contributed by atoms with Gasteiger partial charge in [-0.1, -0.05) is 12.1 Å². The lowest BCUT2D eigenvalue weighted by molar-refractivity contribution is 0.0696. The Hall–Kier alpha value is -2.21. The van der Waals surface area contributed by atoms with E-state index in [-0.39, 0.29) is 17.3 Å². The first-order valence-electron chi connectivity index (χ1n) is 5.72. The molecule has 5 nitrogen and oxygen atoms in total. The molecule has 1 amide bonds. The van der Waals surface area contributed by atoms with Crippen LogP contribution in [0, 0.1) is 0 Å². The molecule has 0 aliphatic rings. The third-order valence-electron chi connectivity index (χ3n) is 2.75. The Kier molecular flexibility index (Phi) is 4.14. The van der Waals surface area contributed by atoms with E-state index in [1.807, 2.05) is 6.07 Å². The Morgan fingerprint density at radius 1 is 1.25 bits per heavy atom. The minimum Gasteiger partial charge on any atom is -0.478 e. The van der Waals surface area contributed by atoms with Crippen molar-refractivity contribution in [2.75, 3.05) is 11.9 Å². The number of carbonyl (C=O) groups excluding carboxylic acids is 1. The highest BCUT2D eigenvalue weighted by Crippen LogP contribution is 2.20. The highest BCUT2D eigenvalue weighted by atomic mass is 79.9. The molecule has 1 heterocycles. The van der Waals surface area contributed by atoms with Gasteiger partial charge in [0.1, 0.15) is 5.82 Å². The number of anilines is 1. The maximum Gasteiger partial charge on any atom is 0.335 e. The van der Waals surface area contributed by atoms with Crippen molar-refractivity contribution in [3.63, 3.8) is 0 Å². The number of nitrogens with zero attached hydrogens (tertiary/aromatic N) is 2. The second-order valence-electron chi connectivity index (χ2n) is 4.05. The average Bonchev–Trinajstić information content (AvgIpc) is 2.46. The van der Waals surface area contributed by atoms with E-state index in [4.69, 9.17) is 5.11 Å². The minimum absolute atomic E-state index is 0.0850. The summed E-state index contributed by atoms with van der Waals surface area (Å²) >= 11 is 3.31. The molecule has 1 aromatic heterocycles. The highest BCUT2D eigenvalue weighted by Gasteiger charge is 2.17. The van der Waals surface area contributed by atoms with Crippen molar-refractivity contribution in [1.82, 2.24) is 4.98 Å². The first-order chi connectivity index (χ1) is 9.50. The van der Waals surface area contributed by atoms with Crippen LogP contribution in [0.1, 0.15) is 20.7 Å². The van der Waals surface area contributed by atoms with E-state index in [9.17, 15) is 9.59 Å². The van der Waals surface area contributed by atoms with E-state index in [1.54, 1.807) is 25.2 Å². The number of aromatic carboxylic acids is 1. The molecule has 0 radical (unpaired) electrons. The molecule has 2 rings (SSSR count). The van der Waals surface area contributed by atoms with Crippen molar-refractivity contribution in [2.45, 2.75) is 0 Å². The van der Waals surface area contributed by atoms with Gasteiger partial charge in [-0.15, -0.1) is 0 Å². The molecule has 0 spiro atoms. The standard InChI is InChI=1S/C14H11BrN2O3/c1-17(12-8-9(14(19)20)6-7-16-12)13(18)10-4-2-3-5-11(10)15/h2-8H,1H3,(H,19,20). The SMILES string of the molecule is CN(C(=O)c1ccccc1Br)c1cc(C(=O)O)ccn1. The van der Waals surface area contributed by atoms with E-state index in [2.05, 4.69) is 20.9 Å². The van der Waals surface area contributed by atoms with Crippen LogP contribution in [0.25, 0.3) is 0 Å². The normalized spacial score (nSPS) is 10.1. The summed E-state index contributed by atoms with van der Waals surface area (Å²) in [7, 11) is 1.55. The molecular formula is C14H11BrN2O3. The van der Waals surface area contributed by atoms with Crippen LogP contribution >= 0.6 is 15.9 Å². The maximum atomic E-state index is 12.4. The molecular weight excluding hydrogens is 324 g/mol. The van der Waals surface area contributed by atoms with E-state index in [0.29, 0.717) is 10.0 Å². The Morgan fingerprint density at radius 3 is 2.60 bits per heavy atom. The van der Waals surface area contributed by atoms with Gasteiger partial charge in [-0.3, -0.25) is 9.69 Å². The predicted octanol–water partition coefficient (Wildman–Crippen LogP) is 2.82. The summed E-state index contributed by atoms with van der Waals surface area (Å²) < 4.78 is 0.672. The second kappa shape index (κ2) is 5.83. The summed E-state index contributed by atoms with van der Waals surface area (Å²) in [6, 6.07) is 9.75. The predicted molar refractivity (Wildman–Crippen MR) is 78.1 cm³/mol. The fraction of sp³-hybridized carbons (Fsp3) is 0.0714. The average molecular weight is 335 g/mol. The van der Waals surface area contributed by atoms with Gasteiger partial charge < -0.3 is 5.11 Å². The number of benzene rings is 1. The Balaban J connectivity index is 2.34. The van der Waals surface area contributed by atoms with Crippen LogP contribution in [0.4, 0.5) is 5.82 Å². The van der Waals surface area contributed by atoms with Crippen LogP contribution in [-0.4, -0.2) is 29.0 Å². The van der Waals surface area contributed by atoms with Gasteiger partial charge in [0.25, 0.3) is 5.91 Å². The maximum absolute atomic E-state index is 12.4. The van der Waals surface area contributed by atoms with Crippen molar-refractivity contribution in [2.24, 2.45) is 0 Å². The zero-order chi connectivity index (χ0) is 14.7. The number of carboxylic acids is 1. The van der Waals surface area contributed by atoms with Gasteiger partial charge in [0.2, 0.25) is 0 Å². The first-order valence-corrected chi connectivity index (χ1v) is 6.52. The van der Waals surface area contributed by atoms with Crippen LogP contribution in [-0.2, 0) is 0 Å². The highest BCUT2D eigenvalue weighted by molar-refractivity contribution is 9.10. The monoisotopic (exact) mass is 334 g/mol. The summed E-state index contributed by atoms with van der Waals surface area (Å²) in [5, 5.41) is 8.95. The number of hydrogen-bond donors (Lipinski definition) is 1. The van der Waals surface area contributed by atoms with Crippen LogP contribution in [0.15, 0.2) is 47.1 Å². The zero-order valence-electron chi connectivity index (χ0n) is 10.6. The van der Waals surface area contributed by atoms with Gasteiger partial charge in [-0.25, -0.2) is 9.78 Å². The Labute approximate surface area is 124 Å². The number of rotatable bonds is 3. The molecule has 0 bridgehead atoms. The van der Waals surface area contributed by atoms with Gasteiger partial charge in [-0.2, -0.15) is 0 Å². The molecule has 0 saturated heterocycles. The lowest BCUT2D eigenvalue weighted by atomic mass is 10.2. The van der Waals surface area contributed by atoms with Crippen LogP contribution in [0.3, 0.4) is 0 Å². The molecule has 6 heteroatoms. The topological polar surface area (TPSA) is 70.5 Å². The largest absolute Gasteiger partial charge is 0.478 e. The van der Waals surface area contributed by atoms with Crippen LogP contribution in [0.2, 0.25) is 0 Å². The molecule has 20 heavy (non-hydrogen) atoms. The van der Waals surface area contributed by atoms with Crippen molar-refractivity contribution in [1.29, 1.82) is 0 Å². The van der Waals surface area contributed by atoms with Crippen molar-refractivity contribution in [3.8, 4) is 0 Å². The Morgan fingerprint density at radius 2 is 1.95 bits per heavy atom. The summed E-state index contributed by atoms with van der Waals surface area (Å²) in [4.78, 5) is 28.6. The smallest absolute Gasteiger partial charge is 0.335 e. The van der Waals surface area contributed by atoms with Crippen molar-refractivity contribution in [3.05, 3.63) is 58.2 Å². The number of hydrogen-bond acceptors (Lipinski definition) is 3. The minimum atomic E-state index is -1.06. The number of aromatic nitrogens is 1. The zero-order valence-corrected chi connectivity index (χ0v) is 12.2. The summed E-state index contributed by atoms with van der Waals surface area (Å²) in [5.74, 6) is -1.05. The van der Waals surface area contributed by atoms with Gasteiger partial charge in [0.05, 0.1) is 11.1 Å². The molecule has 2 aromatic rings. The fourth-order valence-corrected chi connectivity index (χ4v) is 2.11. The number of pyridine rings is 1. The first kappa shape index (κ1) is 14.2. The number of halogens is 1.